The Morgan fingerprint density at radius 2 is 1.52 bits per heavy atom. The molecule has 2 aromatic carbocycles. The van der Waals surface area contributed by atoms with Crippen LogP contribution in [-0.4, -0.2) is 39.3 Å². The van der Waals surface area contributed by atoms with E-state index in [9.17, 15) is 4.79 Å². The van der Waals surface area contributed by atoms with Crippen molar-refractivity contribution in [3.63, 3.8) is 0 Å². The summed E-state index contributed by atoms with van der Waals surface area (Å²) in [4.78, 5) is 18.3. The van der Waals surface area contributed by atoms with Crippen LogP contribution in [-0.2, 0) is 18.8 Å². The maximum absolute atomic E-state index is 13.0. The highest BCUT2D eigenvalue weighted by Crippen LogP contribution is 2.38. The van der Waals surface area contributed by atoms with Gasteiger partial charge in [-0.05, 0) is 86.0 Å². The minimum absolute atomic E-state index is 0.101. The Balaban J connectivity index is 1.82. The number of esters is 1. The van der Waals surface area contributed by atoms with E-state index in [2.05, 4.69) is 112 Å². The number of hydrogen-bond donors (Lipinski definition) is 0. The van der Waals surface area contributed by atoms with Gasteiger partial charge in [0.15, 0.2) is 0 Å². The molecule has 1 atom stereocenters. The van der Waals surface area contributed by atoms with Crippen molar-refractivity contribution in [3.8, 4) is 11.8 Å². The molecule has 1 saturated carbocycles. The summed E-state index contributed by atoms with van der Waals surface area (Å²) < 4.78 is 12.8. The van der Waals surface area contributed by atoms with Gasteiger partial charge in [-0.1, -0.05) is 106 Å². The molecule has 0 amide bonds. The number of ether oxygens (including phenoxy) is 1. The molecule has 0 aliphatic heterocycles. The third-order valence-electron chi connectivity index (χ3n) is 8.29. The van der Waals surface area contributed by atoms with E-state index >= 15 is 0 Å². The van der Waals surface area contributed by atoms with Crippen LogP contribution in [0.2, 0.25) is 5.04 Å². The van der Waals surface area contributed by atoms with Gasteiger partial charge in [-0.3, -0.25) is 4.79 Å². The fourth-order valence-electron chi connectivity index (χ4n) is 6.42. The van der Waals surface area contributed by atoms with Crippen LogP contribution in [0.3, 0.4) is 0 Å². The molecule has 0 aromatic heterocycles. The van der Waals surface area contributed by atoms with Gasteiger partial charge in [0.25, 0.3) is 8.32 Å². The average molecular weight is 618 g/mol. The molecule has 0 heterocycles. The Bertz CT molecular complexity index is 1220. The minimum atomic E-state index is -2.65. The first kappa shape index (κ1) is 35.6. The molecule has 0 saturated heterocycles. The first-order chi connectivity index (χ1) is 20.7. The summed E-state index contributed by atoms with van der Waals surface area (Å²) >= 11 is 0. The zero-order valence-electron chi connectivity index (χ0n) is 28.6. The van der Waals surface area contributed by atoms with E-state index in [-0.39, 0.29) is 23.3 Å². The Morgan fingerprint density at radius 3 is 2.00 bits per heavy atom. The highest BCUT2D eigenvalue weighted by molar-refractivity contribution is 6.99. The van der Waals surface area contributed by atoms with Crippen LogP contribution in [0.1, 0.15) is 93.9 Å². The fourth-order valence-corrected chi connectivity index (χ4v) is 11.0. The highest BCUT2D eigenvalue weighted by Gasteiger charge is 2.50. The molecule has 0 spiro atoms. The minimum Gasteiger partial charge on any atom is -0.460 e. The van der Waals surface area contributed by atoms with Gasteiger partial charge >= 0.3 is 5.97 Å². The number of oxime groups is 1. The molecule has 5 nitrogen and oxygen atoms in total. The van der Waals surface area contributed by atoms with Crippen molar-refractivity contribution in [1.29, 1.82) is 0 Å². The Morgan fingerprint density at radius 1 is 0.955 bits per heavy atom. The summed E-state index contributed by atoms with van der Waals surface area (Å²) in [5.41, 5.74) is 0.0615. The van der Waals surface area contributed by atoms with Crippen molar-refractivity contribution < 1.29 is 18.8 Å². The van der Waals surface area contributed by atoms with Gasteiger partial charge in [-0.2, -0.15) is 0 Å². The van der Waals surface area contributed by atoms with E-state index in [0.29, 0.717) is 30.6 Å². The van der Waals surface area contributed by atoms with Crippen molar-refractivity contribution in [2.75, 3.05) is 13.7 Å². The monoisotopic (exact) mass is 617 g/mol. The molecule has 2 aromatic rings. The lowest BCUT2D eigenvalue weighted by Crippen LogP contribution is -2.66. The summed E-state index contributed by atoms with van der Waals surface area (Å²) in [6.45, 7) is 17.7. The second-order valence-corrected chi connectivity index (χ2v) is 19.0. The lowest BCUT2D eigenvalue weighted by atomic mass is 9.71. The quantitative estimate of drug-likeness (QED) is 0.0576. The van der Waals surface area contributed by atoms with Gasteiger partial charge < -0.3 is 14.0 Å². The van der Waals surface area contributed by atoms with Crippen LogP contribution in [0, 0.1) is 35.5 Å². The summed E-state index contributed by atoms with van der Waals surface area (Å²) in [6.07, 6.45) is 5.16. The van der Waals surface area contributed by atoms with Gasteiger partial charge in [0.1, 0.15) is 18.4 Å². The number of rotatable bonds is 13. The number of carbonyl (C=O) groups excluding carboxylic acids is 1. The van der Waals surface area contributed by atoms with Crippen molar-refractivity contribution in [2.45, 2.75) is 105 Å². The third kappa shape index (κ3) is 10.1. The fraction of sp³-hybridized carbons (Fsp3) is 0.579. The number of benzene rings is 2. The van der Waals surface area contributed by atoms with Crippen LogP contribution in [0.15, 0.2) is 65.8 Å². The van der Waals surface area contributed by atoms with E-state index in [0.717, 1.165) is 25.2 Å². The maximum Gasteiger partial charge on any atom is 0.307 e. The summed E-state index contributed by atoms with van der Waals surface area (Å²) in [7, 11) is -1.11. The lowest BCUT2D eigenvalue weighted by Gasteiger charge is -2.43. The van der Waals surface area contributed by atoms with Crippen molar-refractivity contribution >= 4 is 30.4 Å². The smallest absolute Gasteiger partial charge is 0.307 e. The van der Waals surface area contributed by atoms with Crippen molar-refractivity contribution in [2.24, 2.45) is 28.8 Å². The molecule has 1 aliphatic carbocycles. The molecule has 44 heavy (non-hydrogen) atoms. The Kier molecular flexibility index (Phi) is 12.9. The summed E-state index contributed by atoms with van der Waals surface area (Å²) in [5, 5.41) is 6.75. The normalized spacial score (nSPS) is 18.2. The van der Waals surface area contributed by atoms with Gasteiger partial charge in [0.2, 0.25) is 0 Å². The Labute approximate surface area is 268 Å². The van der Waals surface area contributed by atoms with Crippen LogP contribution >= 0.6 is 0 Å². The molecular formula is C38H55NO4Si. The molecule has 240 valence electrons. The predicted octanol–water partition coefficient (Wildman–Crippen LogP) is 7.77. The second kappa shape index (κ2) is 15.9. The zero-order chi connectivity index (χ0) is 32.4. The predicted molar refractivity (Wildman–Crippen MR) is 185 cm³/mol. The van der Waals surface area contributed by atoms with Gasteiger partial charge in [-0.25, -0.2) is 0 Å². The van der Waals surface area contributed by atoms with Crippen LogP contribution in [0.5, 0.6) is 0 Å². The second-order valence-electron chi connectivity index (χ2n) is 14.7. The molecule has 0 unspecified atom stereocenters. The largest absolute Gasteiger partial charge is 0.460 e. The first-order valence-electron chi connectivity index (χ1n) is 16.3. The molecule has 1 fully saturated rings. The molecule has 3 rings (SSSR count). The molecule has 0 bridgehead atoms. The van der Waals surface area contributed by atoms with E-state index in [4.69, 9.17) is 14.0 Å². The summed E-state index contributed by atoms with van der Waals surface area (Å²) in [5.74, 6) is 8.16. The van der Waals surface area contributed by atoms with Crippen molar-refractivity contribution in [1.82, 2.24) is 0 Å². The van der Waals surface area contributed by atoms with Crippen molar-refractivity contribution in [3.05, 3.63) is 60.7 Å². The lowest BCUT2D eigenvalue weighted by molar-refractivity contribution is -0.155. The van der Waals surface area contributed by atoms with E-state index in [1.54, 1.807) is 7.11 Å². The molecule has 0 N–H and O–H groups in total. The van der Waals surface area contributed by atoms with E-state index in [1.165, 1.54) is 16.8 Å². The van der Waals surface area contributed by atoms with Gasteiger partial charge in [-0.15, -0.1) is 0 Å². The standard InChI is InChI=1S/C38H55NO4Si/c1-29(2)25-31-26-30(27-31)22-23-35(39-41-9)32(28-36(40)43-37(3,4)5)17-16-24-42-44(38(6,7)8,33-18-12-10-13-19-33)34-20-14-11-15-21-34/h10-15,18-21,29-32H,16-17,24-28H2,1-9H3/b39-35+/t30-,31+,32-/m0/s1. The highest BCUT2D eigenvalue weighted by atomic mass is 28.4. The zero-order valence-corrected chi connectivity index (χ0v) is 29.6. The number of hydrogen-bond acceptors (Lipinski definition) is 5. The van der Waals surface area contributed by atoms with Crippen LogP contribution in [0.4, 0.5) is 0 Å². The first-order valence-corrected chi connectivity index (χ1v) is 18.3. The molecular weight excluding hydrogens is 563 g/mol. The Hall–Kier alpha value is -2.88. The molecule has 0 radical (unpaired) electrons. The van der Waals surface area contributed by atoms with Gasteiger partial charge in [0.05, 0.1) is 6.42 Å². The maximum atomic E-state index is 13.0. The third-order valence-corrected chi connectivity index (χ3v) is 13.3. The topological polar surface area (TPSA) is 57.1 Å². The number of carbonyl (C=O) groups is 1. The number of nitrogens with zero attached hydrogens (tertiary/aromatic N) is 1. The summed E-state index contributed by atoms with van der Waals surface area (Å²) in [6, 6.07) is 21.4. The average Bonchev–Trinajstić information content (AvgIpc) is 2.92. The SMILES string of the molecule is CO/N=C(\C#C[C@H]1C[C@@H](CC(C)C)C1)[C@@H](CCCO[Si](c1ccccc1)(c1ccccc1)C(C)(C)C)CC(=O)OC(C)(C)C. The van der Waals surface area contributed by atoms with Crippen LogP contribution < -0.4 is 10.4 Å². The van der Waals surface area contributed by atoms with Crippen LogP contribution in [0.25, 0.3) is 0 Å². The van der Waals surface area contributed by atoms with E-state index < -0.39 is 13.9 Å². The van der Waals surface area contributed by atoms with E-state index in [1.807, 2.05) is 20.8 Å². The van der Waals surface area contributed by atoms with Gasteiger partial charge in [0, 0.05) is 18.4 Å². The molecule has 1 aliphatic rings. The molecule has 6 heteroatoms.